The molecule has 1 aliphatic carbocycles. The van der Waals surface area contributed by atoms with E-state index in [1.165, 1.54) is 0 Å². The van der Waals surface area contributed by atoms with Gasteiger partial charge in [0.2, 0.25) is 0 Å². The van der Waals surface area contributed by atoms with Gasteiger partial charge in [-0.3, -0.25) is 0 Å². The largest absolute Gasteiger partial charge is 0.453 e. The van der Waals surface area contributed by atoms with Crippen LogP contribution in [0.2, 0.25) is 0 Å². The summed E-state index contributed by atoms with van der Waals surface area (Å²) in [5, 5.41) is 12.9. The van der Waals surface area contributed by atoms with Gasteiger partial charge in [0.1, 0.15) is 5.76 Å². The van der Waals surface area contributed by atoms with Crippen LogP contribution in [0.4, 0.5) is 0 Å². The van der Waals surface area contributed by atoms with Crippen molar-refractivity contribution in [2.75, 3.05) is 0 Å². The smallest absolute Gasteiger partial charge is 0.169 e. The van der Waals surface area contributed by atoms with Crippen molar-refractivity contribution >= 4 is 15.9 Å². The molecule has 0 aliphatic heterocycles. The molecule has 2 atom stereocenters. The first-order chi connectivity index (χ1) is 6.75. The van der Waals surface area contributed by atoms with E-state index in [-0.39, 0.29) is 12.1 Å². The molecule has 3 nitrogen and oxygen atoms in total. The van der Waals surface area contributed by atoms with E-state index < -0.39 is 0 Å². The van der Waals surface area contributed by atoms with E-state index in [1.807, 2.05) is 12.1 Å². The van der Waals surface area contributed by atoms with Crippen LogP contribution >= 0.6 is 15.9 Å². The molecule has 0 bridgehead atoms. The van der Waals surface area contributed by atoms with Crippen LogP contribution in [0.15, 0.2) is 21.2 Å². The van der Waals surface area contributed by atoms with E-state index in [2.05, 4.69) is 21.2 Å². The lowest BCUT2D eigenvalue weighted by Gasteiger charge is -2.15. The van der Waals surface area contributed by atoms with Gasteiger partial charge in [-0.15, -0.1) is 0 Å². The van der Waals surface area contributed by atoms with Gasteiger partial charge in [-0.1, -0.05) is 0 Å². The van der Waals surface area contributed by atoms with Gasteiger partial charge in [-0.25, -0.2) is 0 Å². The van der Waals surface area contributed by atoms with Gasteiger partial charge in [0, 0.05) is 6.04 Å². The molecule has 1 saturated carbocycles. The maximum Gasteiger partial charge on any atom is 0.169 e. The highest BCUT2D eigenvalue weighted by Crippen LogP contribution is 2.20. The molecule has 1 fully saturated rings. The van der Waals surface area contributed by atoms with Crippen molar-refractivity contribution in [2.24, 2.45) is 0 Å². The summed E-state index contributed by atoms with van der Waals surface area (Å²) in [5.41, 5.74) is 0. The van der Waals surface area contributed by atoms with Crippen molar-refractivity contribution in [3.8, 4) is 0 Å². The number of aliphatic hydroxyl groups excluding tert-OH is 1. The van der Waals surface area contributed by atoms with Crippen LogP contribution in [-0.2, 0) is 6.54 Å². The molecule has 2 unspecified atom stereocenters. The standard InChI is InChI=1S/C10H14BrNO2/c11-10-5-4-7(14-10)6-12-8-2-1-3-9(8)13/h4-5,8-9,12-13H,1-3,6H2. The summed E-state index contributed by atoms with van der Waals surface area (Å²) in [6.07, 6.45) is 2.90. The van der Waals surface area contributed by atoms with Gasteiger partial charge in [-0.05, 0) is 47.3 Å². The Balaban J connectivity index is 1.82. The quantitative estimate of drug-likeness (QED) is 0.874. The first-order valence-electron chi connectivity index (χ1n) is 4.91. The predicted molar refractivity (Wildman–Crippen MR) is 56.9 cm³/mol. The highest BCUT2D eigenvalue weighted by atomic mass is 79.9. The van der Waals surface area contributed by atoms with Gasteiger partial charge in [0.05, 0.1) is 12.6 Å². The summed E-state index contributed by atoms with van der Waals surface area (Å²) in [4.78, 5) is 0. The van der Waals surface area contributed by atoms with Gasteiger partial charge in [0.15, 0.2) is 4.67 Å². The fraction of sp³-hybridized carbons (Fsp3) is 0.600. The minimum atomic E-state index is -0.187. The topological polar surface area (TPSA) is 45.4 Å². The molecular weight excluding hydrogens is 246 g/mol. The Morgan fingerprint density at radius 3 is 2.93 bits per heavy atom. The van der Waals surface area contributed by atoms with Gasteiger partial charge >= 0.3 is 0 Å². The normalized spacial score (nSPS) is 27.0. The molecule has 1 aromatic heterocycles. The van der Waals surface area contributed by atoms with Crippen LogP contribution in [-0.4, -0.2) is 17.3 Å². The van der Waals surface area contributed by atoms with Gasteiger partial charge < -0.3 is 14.8 Å². The first kappa shape index (κ1) is 10.2. The van der Waals surface area contributed by atoms with Crippen molar-refractivity contribution in [3.05, 3.63) is 22.6 Å². The fourth-order valence-electron chi connectivity index (χ4n) is 1.86. The second kappa shape index (κ2) is 4.47. The lowest BCUT2D eigenvalue weighted by molar-refractivity contribution is 0.147. The number of halogens is 1. The van der Waals surface area contributed by atoms with E-state index in [0.29, 0.717) is 6.54 Å². The molecule has 1 aliphatic rings. The number of aliphatic hydroxyl groups is 1. The average molecular weight is 260 g/mol. The zero-order chi connectivity index (χ0) is 9.97. The van der Waals surface area contributed by atoms with E-state index >= 15 is 0 Å². The van der Waals surface area contributed by atoms with Crippen LogP contribution in [0.25, 0.3) is 0 Å². The number of rotatable bonds is 3. The van der Waals surface area contributed by atoms with Crippen LogP contribution in [0.1, 0.15) is 25.0 Å². The summed E-state index contributed by atoms with van der Waals surface area (Å²) < 4.78 is 6.10. The maximum absolute atomic E-state index is 9.57. The molecule has 14 heavy (non-hydrogen) atoms. The lowest BCUT2D eigenvalue weighted by atomic mass is 10.2. The number of hydrogen-bond acceptors (Lipinski definition) is 3. The third-order valence-corrected chi connectivity index (χ3v) is 3.07. The molecule has 4 heteroatoms. The number of nitrogens with one attached hydrogen (secondary N) is 1. The summed E-state index contributed by atoms with van der Waals surface area (Å²) in [6, 6.07) is 4.04. The summed E-state index contributed by atoms with van der Waals surface area (Å²) in [6.45, 7) is 0.688. The average Bonchev–Trinajstić information content (AvgIpc) is 2.72. The van der Waals surface area contributed by atoms with E-state index in [1.54, 1.807) is 0 Å². The van der Waals surface area contributed by atoms with Crippen molar-refractivity contribution in [1.82, 2.24) is 5.32 Å². The molecule has 78 valence electrons. The monoisotopic (exact) mass is 259 g/mol. The zero-order valence-electron chi connectivity index (χ0n) is 7.87. The third kappa shape index (κ3) is 2.38. The van der Waals surface area contributed by atoms with Gasteiger partial charge in [0.25, 0.3) is 0 Å². The van der Waals surface area contributed by atoms with Crippen molar-refractivity contribution in [2.45, 2.75) is 38.0 Å². The summed E-state index contributed by atoms with van der Waals surface area (Å²) in [5.74, 6) is 0.899. The molecule has 0 saturated heterocycles. The van der Waals surface area contributed by atoms with E-state index in [9.17, 15) is 5.11 Å². The Morgan fingerprint density at radius 1 is 1.50 bits per heavy atom. The minimum absolute atomic E-state index is 0.187. The summed E-state index contributed by atoms with van der Waals surface area (Å²) >= 11 is 3.25. The fourth-order valence-corrected chi connectivity index (χ4v) is 2.20. The lowest BCUT2D eigenvalue weighted by Crippen LogP contribution is -2.34. The Bertz CT molecular complexity index is 300. The Kier molecular flexibility index (Phi) is 3.26. The van der Waals surface area contributed by atoms with Crippen molar-refractivity contribution in [3.63, 3.8) is 0 Å². The summed E-state index contributed by atoms with van der Waals surface area (Å²) in [7, 11) is 0. The van der Waals surface area contributed by atoms with Gasteiger partial charge in [-0.2, -0.15) is 0 Å². The minimum Gasteiger partial charge on any atom is -0.453 e. The molecule has 2 rings (SSSR count). The zero-order valence-corrected chi connectivity index (χ0v) is 9.46. The Hall–Kier alpha value is -0.320. The van der Waals surface area contributed by atoms with Crippen molar-refractivity contribution in [1.29, 1.82) is 0 Å². The molecule has 0 radical (unpaired) electrons. The maximum atomic E-state index is 9.57. The first-order valence-corrected chi connectivity index (χ1v) is 5.70. The van der Waals surface area contributed by atoms with Crippen LogP contribution < -0.4 is 5.32 Å². The Morgan fingerprint density at radius 2 is 2.36 bits per heavy atom. The van der Waals surface area contributed by atoms with E-state index in [4.69, 9.17) is 4.42 Å². The number of furan rings is 1. The highest BCUT2D eigenvalue weighted by Gasteiger charge is 2.24. The second-order valence-electron chi connectivity index (χ2n) is 3.69. The van der Waals surface area contributed by atoms with Crippen molar-refractivity contribution < 1.29 is 9.52 Å². The third-order valence-electron chi connectivity index (χ3n) is 2.65. The molecule has 0 aromatic carbocycles. The van der Waals surface area contributed by atoms with Crippen LogP contribution in [0.3, 0.4) is 0 Å². The SMILES string of the molecule is OC1CCCC1NCc1ccc(Br)o1. The second-order valence-corrected chi connectivity index (χ2v) is 4.47. The molecule has 0 amide bonds. The molecule has 2 N–H and O–H groups in total. The molecule has 1 aromatic rings. The molecular formula is C10H14BrNO2. The molecule has 0 spiro atoms. The van der Waals surface area contributed by atoms with Crippen LogP contribution in [0, 0.1) is 0 Å². The van der Waals surface area contributed by atoms with E-state index in [0.717, 1.165) is 29.7 Å². The Labute approximate surface area is 91.6 Å². The van der Waals surface area contributed by atoms with Crippen LogP contribution in [0.5, 0.6) is 0 Å². The predicted octanol–water partition coefficient (Wildman–Crippen LogP) is 2.05. The number of hydrogen-bond donors (Lipinski definition) is 2. The highest BCUT2D eigenvalue weighted by molar-refractivity contribution is 9.10. The molecule has 1 heterocycles.